The standard InChI is InChI=1S/C50H33NS/c1-2-11-39-33-40(20-19-34(39)9-1)35-21-27-41(28-22-35)51(42-29-23-37(24-30-42)45-15-7-12-36-10-3-4-13-44(36)45)43-31-25-38(26-32-43)46-16-8-17-48-47-14-5-6-18-49(47)52-50(46)48/h1-33H. The first-order valence-corrected chi connectivity index (χ1v) is 18.6. The van der Waals surface area contributed by atoms with E-state index in [1.165, 1.54) is 75.1 Å². The van der Waals surface area contributed by atoms with E-state index in [9.17, 15) is 0 Å². The monoisotopic (exact) mass is 679 g/mol. The molecule has 10 rings (SSSR count). The largest absolute Gasteiger partial charge is 0.311 e. The van der Waals surface area contributed by atoms with Crippen LogP contribution >= 0.6 is 11.3 Å². The molecule has 0 radical (unpaired) electrons. The number of rotatable bonds is 6. The maximum Gasteiger partial charge on any atom is 0.0462 e. The van der Waals surface area contributed by atoms with Crippen LogP contribution in [0.3, 0.4) is 0 Å². The van der Waals surface area contributed by atoms with Gasteiger partial charge in [0.25, 0.3) is 0 Å². The van der Waals surface area contributed by atoms with E-state index in [4.69, 9.17) is 0 Å². The summed E-state index contributed by atoms with van der Waals surface area (Å²) in [5.74, 6) is 0. The third-order valence-corrected chi connectivity index (χ3v) is 11.5. The average molecular weight is 680 g/mol. The highest BCUT2D eigenvalue weighted by atomic mass is 32.1. The number of hydrogen-bond acceptors (Lipinski definition) is 2. The zero-order valence-corrected chi connectivity index (χ0v) is 29.2. The summed E-state index contributed by atoms with van der Waals surface area (Å²) >= 11 is 1.88. The lowest BCUT2D eigenvalue weighted by Crippen LogP contribution is -2.09. The molecule has 1 heterocycles. The summed E-state index contributed by atoms with van der Waals surface area (Å²) in [4.78, 5) is 2.36. The van der Waals surface area contributed by atoms with Crippen molar-refractivity contribution >= 4 is 70.1 Å². The van der Waals surface area contributed by atoms with E-state index in [1.807, 2.05) is 11.3 Å². The summed E-state index contributed by atoms with van der Waals surface area (Å²) in [6.45, 7) is 0. The highest BCUT2D eigenvalue weighted by molar-refractivity contribution is 7.26. The molecule has 1 nitrogen and oxygen atoms in total. The number of nitrogens with zero attached hydrogens (tertiary/aromatic N) is 1. The number of benzene rings is 9. The molecule has 0 saturated carbocycles. The molecule has 0 unspecified atom stereocenters. The second kappa shape index (κ2) is 12.7. The van der Waals surface area contributed by atoms with Gasteiger partial charge in [-0.15, -0.1) is 11.3 Å². The van der Waals surface area contributed by atoms with Crippen molar-refractivity contribution in [1.29, 1.82) is 0 Å². The zero-order chi connectivity index (χ0) is 34.4. The van der Waals surface area contributed by atoms with Crippen LogP contribution in [0.15, 0.2) is 200 Å². The van der Waals surface area contributed by atoms with Gasteiger partial charge in [0, 0.05) is 37.2 Å². The van der Waals surface area contributed by atoms with Gasteiger partial charge in [-0.2, -0.15) is 0 Å². The maximum absolute atomic E-state index is 2.36. The van der Waals surface area contributed by atoms with Gasteiger partial charge in [0.1, 0.15) is 0 Å². The Balaban J connectivity index is 1.05. The van der Waals surface area contributed by atoms with Crippen molar-refractivity contribution in [2.45, 2.75) is 0 Å². The minimum atomic E-state index is 1.11. The summed E-state index contributed by atoms with van der Waals surface area (Å²) in [6, 6.07) is 72.9. The molecule has 0 spiro atoms. The molecule has 0 aliphatic rings. The van der Waals surface area contributed by atoms with Crippen molar-refractivity contribution in [2.75, 3.05) is 4.90 Å². The van der Waals surface area contributed by atoms with Crippen LogP contribution in [0.1, 0.15) is 0 Å². The van der Waals surface area contributed by atoms with Gasteiger partial charge in [0.2, 0.25) is 0 Å². The van der Waals surface area contributed by atoms with Crippen molar-refractivity contribution in [3.63, 3.8) is 0 Å². The maximum atomic E-state index is 2.36. The molecule has 52 heavy (non-hydrogen) atoms. The first kappa shape index (κ1) is 30.4. The van der Waals surface area contributed by atoms with E-state index < -0.39 is 0 Å². The molecule has 2 heteroatoms. The van der Waals surface area contributed by atoms with Gasteiger partial charge in [0.05, 0.1) is 0 Å². The third-order valence-electron chi connectivity index (χ3n) is 10.3. The average Bonchev–Trinajstić information content (AvgIpc) is 3.61. The molecule has 10 aromatic rings. The second-order valence-corrected chi connectivity index (χ2v) is 14.4. The van der Waals surface area contributed by atoms with Crippen LogP contribution in [-0.2, 0) is 0 Å². The van der Waals surface area contributed by atoms with E-state index in [0.717, 1.165) is 17.1 Å². The highest BCUT2D eigenvalue weighted by Gasteiger charge is 2.16. The quantitative estimate of drug-likeness (QED) is 0.169. The predicted octanol–water partition coefficient (Wildman–Crippen LogP) is 14.8. The SMILES string of the molecule is c1ccc2cc(-c3ccc(N(c4ccc(-c5cccc6ccccc56)cc4)c4ccc(-c5cccc6c5sc5ccccc56)cc4)cc3)ccc2c1. The summed E-state index contributed by atoms with van der Waals surface area (Å²) < 4.78 is 2.66. The first-order chi connectivity index (χ1) is 25.8. The molecule has 0 amide bonds. The first-order valence-electron chi connectivity index (χ1n) is 17.8. The van der Waals surface area contributed by atoms with E-state index in [2.05, 4.69) is 205 Å². The molecule has 1 aromatic heterocycles. The van der Waals surface area contributed by atoms with Gasteiger partial charge >= 0.3 is 0 Å². The van der Waals surface area contributed by atoms with E-state index in [-0.39, 0.29) is 0 Å². The molecule has 0 atom stereocenters. The van der Waals surface area contributed by atoms with Crippen LogP contribution in [0.4, 0.5) is 17.1 Å². The van der Waals surface area contributed by atoms with E-state index >= 15 is 0 Å². The molecular weight excluding hydrogens is 647 g/mol. The van der Waals surface area contributed by atoms with Gasteiger partial charge in [-0.25, -0.2) is 0 Å². The summed E-state index contributed by atoms with van der Waals surface area (Å²) in [5.41, 5.74) is 10.7. The Labute approximate surface area is 307 Å². The van der Waals surface area contributed by atoms with Crippen molar-refractivity contribution in [2.24, 2.45) is 0 Å². The fraction of sp³-hybridized carbons (Fsp3) is 0. The lowest BCUT2D eigenvalue weighted by atomic mass is 9.98. The Bertz CT molecular complexity index is 2880. The topological polar surface area (TPSA) is 3.24 Å². The van der Waals surface area contributed by atoms with Gasteiger partial charge in [0.15, 0.2) is 0 Å². The summed E-state index contributed by atoms with van der Waals surface area (Å²) in [6.07, 6.45) is 0. The number of hydrogen-bond donors (Lipinski definition) is 0. The minimum Gasteiger partial charge on any atom is -0.311 e. The fourth-order valence-electron chi connectivity index (χ4n) is 7.65. The van der Waals surface area contributed by atoms with Crippen molar-refractivity contribution in [3.8, 4) is 33.4 Å². The summed E-state index contributed by atoms with van der Waals surface area (Å²) in [7, 11) is 0. The number of thiophene rings is 1. The van der Waals surface area contributed by atoms with Crippen LogP contribution in [0.25, 0.3) is 75.1 Å². The Morgan fingerprint density at radius 1 is 0.308 bits per heavy atom. The van der Waals surface area contributed by atoms with Crippen molar-refractivity contribution in [3.05, 3.63) is 200 Å². The van der Waals surface area contributed by atoms with Gasteiger partial charge < -0.3 is 4.90 Å². The lowest BCUT2D eigenvalue weighted by Gasteiger charge is -2.26. The molecule has 9 aromatic carbocycles. The predicted molar refractivity (Wildman–Crippen MR) is 225 cm³/mol. The molecule has 244 valence electrons. The molecule has 0 saturated heterocycles. The molecule has 0 bridgehead atoms. The van der Waals surface area contributed by atoms with Crippen LogP contribution in [-0.4, -0.2) is 0 Å². The minimum absolute atomic E-state index is 1.11. The Morgan fingerprint density at radius 3 is 1.54 bits per heavy atom. The number of anilines is 3. The van der Waals surface area contributed by atoms with Crippen LogP contribution in [0.5, 0.6) is 0 Å². The number of fused-ring (bicyclic) bond motifs is 5. The molecular formula is C50H33NS. The highest BCUT2D eigenvalue weighted by Crippen LogP contribution is 2.42. The van der Waals surface area contributed by atoms with E-state index in [0.29, 0.717) is 0 Å². The summed E-state index contributed by atoms with van der Waals surface area (Å²) in [5, 5.41) is 7.68. The van der Waals surface area contributed by atoms with Crippen molar-refractivity contribution < 1.29 is 0 Å². The smallest absolute Gasteiger partial charge is 0.0462 e. The Kier molecular flexibility index (Phi) is 7.41. The van der Waals surface area contributed by atoms with Crippen LogP contribution < -0.4 is 4.90 Å². The molecule has 0 fully saturated rings. The van der Waals surface area contributed by atoms with Gasteiger partial charge in [-0.05, 0) is 103 Å². The molecule has 0 aliphatic carbocycles. The van der Waals surface area contributed by atoms with Gasteiger partial charge in [-0.1, -0.05) is 152 Å². The lowest BCUT2D eigenvalue weighted by molar-refractivity contribution is 1.28. The van der Waals surface area contributed by atoms with E-state index in [1.54, 1.807) is 0 Å². The third kappa shape index (κ3) is 5.33. The van der Waals surface area contributed by atoms with Gasteiger partial charge in [-0.3, -0.25) is 0 Å². The van der Waals surface area contributed by atoms with Crippen molar-refractivity contribution in [1.82, 2.24) is 0 Å². The molecule has 0 aliphatic heterocycles. The fourth-order valence-corrected chi connectivity index (χ4v) is 8.89. The second-order valence-electron chi connectivity index (χ2n) is 13.3. The normalized spacial score (nSPS) is 11.5. The Hall–Kier alpha value is -6.48. The Morgan fingerprint density at radius 2 is 0.808 bits per heavy atom. The zero-order valence-electron chi connectivity index (χ0n) is 28.4. The van der Waals surface area contributed by atoms with Crippen LogP contribution in [0.2, 0.25) is 0 Å². The van der Waals surface area contributed by atoms with Crippen LogP contribution in [0, 0.1) is 0 Å². The molecule has 0 N–H and O–H groups in total.